The third-order valence-electron chi connectivity index (χ3n) is 6.60. The Kier molecular flexibility index (Phi) is 7.19. The Morgan fingerprint density at radius 1 is 1.30 bits per heavy atom. The number of anilines is 2. The van der Waals surface area contributed by atoms with Crippen LogP contribution in [0.3, 0.4) is 0 Å². The predicted molar refractivity (Wildman–Crippen MR) is 136 cm³/mol. The number of H-pyrrole nitrogens is 1. The van der Waals surface area contributed by atoms with Crippen LogP contribution in [0.5, 0.6) is 0 Å². The van der Waals surface area contributed by atoms with Crippen LogP contribution in [0.4, 0.5) is 15.9 Å². The van der Waals surface area contributed by atoms with E-state index in [0.717, 1.165) is 41.8 Å². The second-order valence-corrected chi connectivity index (χ2v) is 10.9. The number of hydrogen-bond acceptors (Lipinski definition) is 5. The maximum atomic E-state index is 14.8. The van der Waals surface area contributed by atoms with Gasteiger partial charge < -0.3 is 10.6 Å². The Bertz CT molecular complexity index is 1050. The Hall–Kier alpha value is -2.25. The van der Waals surface area contributed by atoms with Crippen LogP contribution in [0.1, 0.15) is 77.5 Å². The van der Waals surface area contributed by atoms with Gasteiger partial charge in [-0.2, -0.15) is 5.10 Å². The average Bonchev–Trinajstić information content (AvgIpc) is 3.52. The fourth-order valence-corrected chi connectivity index (χ4v) is 5.62. The molecule has 0 amide bonds. The lowest BCUT2D eigenvalue weighted by Gasteiger charge is -2.28. The molecule has 1 aliphatic heterocycles. The second kappa shape index (κ2) is 9.94. The monoisotopic (exact) mass is 469 g/mol. The highest BCUT2D eigenvalue weighted by atomic mass is 32.2. The Balaban J connectivity index is 1.43. The minimum Gasteiger partial charge on any atom is -0.362 e. The van der Waals surface area contributed by atoms with Crippen molar-refractivity contribution in [1.29, 1.82) is 0 Å². The molecule has 2 heterocycles. The highest BCUT2D eigenvalue weighted by molar-refractivity contribution is 7.97. The Morgan fingerprint density at radius 2 is 2.12 bits per heavy atom. The molecule has 33 heavy (non-hydrogen) atoms. The van der Waals surface area contributed by atoms with Crippen LogP contribution in [-0.4, -0.2) is 10.2 Å². The summed E-state index contributed by atoms with van der Waals surface area (Å²) >= 11 is 1.48. The van der Waals surface area contributed by atoms with E-state index in [2.05, 4.69) is 72.3 Å². The molecule has 1 aromatic carbocycles. The number of aromatic amines is 1. The van der Waals surface area contributed by atoms with Gasteiger partial charge in [-0.15, -0.1) is 0 Å². The van der Waals surface area contributed by atoms with E-state index >= 15 is 0 Å². The molecule has 1 aliphatic carbocycles. The van der Waals surface area contributed by atoms with Crippen LogP contribution in [0.25, 0.3) is 0 Å². The van der Waals surface area contributed by atoms with E-state index < -0.39 is 0 Å². The minimum absolute atomic E-state index is 0.0884. The van der Waals surface area contributed by atoms with Crippen molar-refractivity contribution in [2.75, 3.05) is 5.32 Å². The summed E-state index contributed by atoms with van der Waals surface area (Å²) in [5, 5.41) is 14.6. The van der Waals surface area contributed by atoms with E-state index in [1.807, 2.05) is 12.1 Å². The van der Waals surface area contributed by atoms with E-state index in [1.165, 1.54) is 23.3 Å². The van der Waals surface area contributed by atoms with Gasteiger partial charge in [-0.1, -0.05) is 39.8 Å². The number of rotatable bonds is 7. The summed E-state index contributed by atoms with van der Waals surface area (Å²) < 4.78 is 17.9. The van der Waals surface area contributed by atoms with Crippen LogP contribution in [0.2, 0.25) is 0 Å². The van der Waals surface area contributed by atoms with Crippen molar-refractivity contribution in [2.45, 2.75) is 77.7 Å². The number of aromatic nitrogens is 2. The first kappa shape index (κ1) is 23.9. The normalized spacial score (nSPS) is 21.4. The van der Waals surface area contributed by atoms with E-state index in [9.17, 15) is 4.39 Å². The van der Waals surface area contributed by atoms with Gasteiger partial charge in [0.05, 0.1) is 5.69 Å². The van der Waals surface area contributed by atoms with Gasteiger partial charge in [-0.05, 0) is 62.6 Å². The van der Waals surface area contributed by atoms with Crippen molar-refractivity contribution in [2.24, 2.45) is 11.3 Å². The van der Waals surface area contributed by atoms with Gasteiger partial charge in [0.1, 0.15) is 0 Å². The fraction of sp³-hybridized carbons (Fsp3) is 0.500. The number of halogens is 1. The van der Waals surface area contributed by atoms with Crippen LogP contribution in [0.15, 0.2) is 46.6 Å². The molecule has 178 valence electrons. The highest BCUT2D eigenvalue weighted by Gasteiger charge is 2.31. The number of allylic oxidation sites excluding steroid dienone is 4. The van der Waals surface area contributed by atoms with Crippen molar-refractivity contribution in [3.63, 3.8) is 0 Å². The van der Waals surface area contributed by atoms with Gasteiger partial charge in [0.2, 0.25) is 0 Å². The molecule has 4 rings (SSSR count). The summed E-state index contributed by atoms with van der Waals surface area (Å²) in [6, 6.07) is 5.78. The number of nitrogens with zero attached hydrogens (tertiary/aromatic N) is 1. The molecule has 0 spiro atoms. The number of benzene rings is 1. The molecule has 2 unspecified atom stereocenters. The predicted octanol–water partition coefficient (Wildman–Crippen LogP) is 7.12. The minimum atomic E-state index is -0.200. The summed E-state index contributed by atoms with van der Waals surface area (Å²) in [5.41, 5.74) is 5.01. The summed E-state index contributed by atoms with van der Waals surface area (Å²) in [4.78, 5) is 0.954. The lowest BCUT2D eigenvalue weighted by molar-refractivity contribution is 0.456. The topological polar surface area (TPSA) is 64.8 Å². The van der Waals surface area contributed by atoms with E-state index in [4.69, 9.17) is 0 Å². The van der Waals surface area contributed by atoms with Gasteiger partial charge in [0.25, 0.3) is 0 Å². The third-order valence-corrected chi connectivity index (χ3v) is 7.49. The van der Waals surface area contributed by atoms with Crippen molar-refractivity contribution in [3.05, 3.63) is 58.8 Å². The summed E-state index contributed by atoms with van der Waals surface area (Å²) in [6.45, 7) is 11.6. The second-order valence-electron chi connectivity index (χ2n) is 10.0. The summed E-state index contributed by atoms with van der Waals surface area (Å²) in [5.74, 6) is 1.40. The van der Waals surface area contributed by atoms with Gasteiger partial charge in [-0.3, -0.25) is 9.82 Å². The summed E-state index contributed by atoms with van der Waals surface area (Å²) in [7, 11) is 0. The van der Waals surface area contributed by atoms with Crippen LogP contribution in [-0.2, 0) is 6.54 Å². The van der Waals surface area contributed by atoms with Gasteiger partial charge in [0.15, 0.2) is 11.6 Å². The number of hydrogen-bond donors (Lipinski definition) is 4. The van der Waals surface area contributed by atoms with Crippen molar-refractivity contribution >= 4 is 23.5 Å². The van der Waals surface area contributed by atoms with Gasteiger partial charge in [0, 0.05) is 51.5 Å². The third kappa shape index (κ3) is 5.30. The maximum Gasteiger partial charge on any atom is 0.152 e. The Morgan fingerprint density at radius 3 is 2.85 bits per heavy atom. The molecule has 4 N–H and O–H groups in total. The smallest absolute Gasteiger partial charge is 0.152 e. The molecule has 0 saturated heterocycles. The zero-order chi connectivity index (χ0) is 23.6. The molecule has 1 fully saturated rings. The van der Waals surface area contributed by atoms with Crippen molar-refractivity contribution in [3.8, 4) is 0 Å². The molecule has 1 saturated carbocycles. The maximum absolute atomic E-state index is 14.8. The van der Waals surface area contributed by atoms with E-state index in [-0.39, 0.29) is 11.2 Å². The van der Waals surface area contributed by atoms with E-state index in [1.54, 1.807) is 6.07 Å². The Labute approximate surface area is 201 Å². The molecule has 2 aliphatic rings. The van der Waals surface area contributed by atoms with Crippen LogP contribution in [0, 0.1) is 17.2 Å². The van der Waals surface area contributed by atoms with Crippen LogP contribution < -0.4 is 15.4 Å². The molecule has 0 bridgehead atoms. The average molecular weight is 470 g/mol. The van der Waals surface area contributed by atoms with Crippen LogP contribution >= 0.6 is 11.9 Å². The SMILES string of the molecule is C/C=C(\N/C(=C/CC)C1CCC(c2cc(Nc3ccc4c(c3F)CNS4)n[nH]2)C1)C(C)(C)C. The molecule has 7 heteroatoms. The molecule has 1 aromatic heterocycles. The quantitative estimate of drug-likeness (QED) is 0.325. The number of fused-ring (bicyclic) bond motifs is 1. The lowest BCUT2D eigenvalue weighted by atomic mass is 9.90. The van der Waals surface area contributed by atoms with Gasteiger partial charge in [-0.25, -0.2) is 4.39 Å². The fourth-order valence-electron chi connectivity index (χ4n) is 4.83. The van der Waals surface area contributed by atoms with Crippen molar-refractivity contribution < 1.29 is 4.39 Å². The molecule has 2 atom stereocenters. The number of nitrogens with one attached hydrogen (secondary N) is 4. The largest absolute Gasteiger partial charge is 0.362 e. The van der Waals surface area contributed by atoms with Crippen molar-refractivity contribution in [1.82, 2.24) is 20.2 Å². The molecule has 0 radical (unpaired) electrons. The standard InChI is InChI=1S/C26H36FN5S/c1-6-8-19(29-23(7-2)26(3,4)5)16-9-10-17(13-16)21-14-24(32-31-21)30-20-11-12-22-18(25(20)27)15-28-33-22/h7-8,11-12,14,16-17,28-29H,6,9-10,13,15H2,1-5H3,(H2,30,31,32)/b19-8+,23-7-. The zero-order valence-electron chi connectivity index (χ0n) is 20.3. The first-order chi connectivity index (χ1) is 15.8. The lowest BCUT2D eigenvalue weighted by Crippen LogP contribution is -2.26. The zero-order valence-corrected chi connectivity index (χ0v) is 21.1. The van der Waals surface area contributed by atoms with Gasteiger partial charge >= 0.3 is 0 Å². The first-order valence-corrected chi connectivity index (χ1v) is 12.8. The van der Waals surface area contributed by atoms with E-state index in [0.29, 0.717) is 29.9 Å². The molecule has 2 aromatic rings. The molecular weight excluding hydrogens is 433 g/mol. The highest BCUT2D eigenvalue weighted by Crippen LogP contribution is 2.42. The molecule has 5 nitrogen and oxygen atoms in total. The summed E-state index contributed by atoms with van der Waals surface area (Å²) in [6.07, 6.45) is 8.89. The molecular formula is C26H36FN5S. The first-order valence-electron chi connectivity index (χ1n) is 12.0.